The van der Waals surface area contributed by atoms with Crippen molar-refractivity contribution < 1.29 is 9.21 Å². The molecule has 6 heteroatoms. The molecule has 21 heavy (non-hydrogen) atoms. The van der Waals surface area contributed by atoms with Gasteiger partial charge in [-0.2, -0.15) is 0 Å². The number of benzene rings is 1. The predicted octanol–water partition coefficient (Wildman–Crippen LogP) is 3.55. The van der Waals surface area contributed by atoms with Gasteiger partial charge in [0.1, 0.15) is 5.76 Å². The highest BCUT2D eigenvalue weighted by Gasteiger charge is 2.13. The monoisotopic (exact) mass is 299 g/mol. The van der Waals surface area contributed by atoms with Crippen LogP contribution in [0.1, 0.15) is 16.1 Å². The fraction of sp³-hybridized carbons (Fsp3) is 0.0667. The lowest BCUT2D eigenvalue weighted by molar-refractivity contribution is 0.102. The lowest BCUT2D eigenvalue weighted by atomic mass is 10.1. The normalized spacial score (nSPS) is 10.5. The van der Waals surface area contributed by atoms with Crippen LogP contribution in [0.5, 0.6) is 0 Å². The Morgan fingerprint density at radius 3 is 2.71 bits per heavy atom. The second kappa shape index (κ2) is 5.41. The molecule has 1 aromatic carbocycles. The summed E-state index contributed by atoms with van der Waals surface area (Å²) in [5.41, 5.74) is 8.64. The maximum absolute atomic E-state index is 12.1. The van der Waals surface area contributed by atoms with Gasteiger partial charge in [0.05, 0.1) is 17.5 Å². The number of thiazole rings is 1. The number of nitrogens with two attached hydrogens (primary N) is 1. The molecule has 0 saturated heterocycles. The van der Waals surface area contributed by atoms with Crippen LogP contribution in [0.3, 0.4) is 0 Å². The maximum Gasteiger partial charge on any atom is 0.260 e. The largest absolute Gasteiger partial charge is 0.469 e. The summed E-state index contributed by atoms with van der Waals surface area (Å²) < 4.78 is 5.12. The first-order valence-corrected chi connectivity index (χ1v) is 7.18. The first-order valence-electron chi connectivity index (χ1n) is 6.30. The van der Waals surface area contributed by atoms with Crippen molar-refractivity contribution in [3.63, 3.8) is 0 Å². The Kier molecular flexibility index (Phi) is 3.45. The van der Waals surface area contributed by atoms with Gasteiger partial charge in [0.15, 0.2) is 5.13 Å². The fourth-order valence-electron chi connectivity index (χ4n) is 1.90. The van der Waals surface area contributed by atoms with E-state index in [1.54, 1.807) is 13.0 Å². The standard InChI is InChI=1S/C15H13N3O2S/c1-9-12(6-7-20-9)14(19)18-15-17-13(8-21-15)10-2-4-11(16)5-3-10/h2-8H,16H2,1H3,(H,17,18,19). The van der Waals surface area contributed by atoms with Crippen molar-refractivity contribution in [2.75, 3.05) is 11.1 Å². The summed E-state index contributed by atoms with van der Waals surface area (Å²) in [6, 6.07) is 9.08. The molecule has 0 unspecified atom stereocenters. The van der Waals surface area contributed by atoms with Crippen molar-refractivity contribution in [3.05, 3.63) is 53.3 Å². The van der Waals surface area contributed by atoms with E-state index in [1.807, 2.05) is 29.6 Å². The number of nitrogens with zero attached hydrogens (tertiary/aromatic N) is 1. The summed E-state index contributed by atoms with van der Waals surface area (Å²) in [7, 11) is 0. The van der Waals surface area contributed by atoms with E-state index in [0.29, 0.717) is 22.1 Å². The zero-order valence-electron chi connectivity index (χ0n) is 11.3. The smallest absolute Gasteiger partial charge is 0.260 e. The summed E-state index contributed by atoms with van der Waals surface area (Å²) in [4.78, 5) is 16.5. The zero-order valence-corrected chi connectivity index (χ0v) is 12.1. The third kappa shape index (κ3) is 2.80. The van der Waals surface area contributed by atoms with E-state index in [4.69, 9.17) is 10.2 Å². The van der Waals surface area contributed by atoms with Gasteiger partial charge in [-0.3, -0.25) is 10.1 Å². The van der Waals surface area contributed by atoms with Crippen molar-refractivity contribution in [2.45, 2.75) is 6.92 Å². The molecule has 0 radical (unpaired) electrons. The fourth-order valence-corrected chi connectivity index (χ4v) is 2.62. The highest BCUT2D eigenvalue weighted by atomic mass is 32.1. The Bertz CT molecular complexity index is 774. The number of nitrogens with one attached hydrogen (secondary N) is 1. The topological polar surface area (TPSA) is 81.2 Å². The molecule has 0 bridgehead atoms. The first-order chi connectivity index (χ1) is 10.1. The second-order valence-corrected chi connectivity index (χ2v) is 5.36. The van der Waals surface area contributed by atoms with Crippen LogP contribution in [0.15, 0.2) is 46.4 Å². The number of carbonyl (C=O) groups is 1. The SMILES string of the molecule is Cc1occc1C(=O)Nc1nc(-c2ccc(N)cc2)cs1. The van der Waals surface area contributed by atoms with Gasteiger partial charge in [0.25, 0.3) is 5.91 Å². The molecular weight excluding hydrogens is 286 g/mol. The Morgan fingerprint density at radius 1 is 1.29 bits per heavy atom. The Labute approximate surface area is 125 Å². The van der Waals surface area contributed by atoms with Crippen LogP contribution in [-0.2, 0) is 0 Å². The number of nitrogen functional groups attached to an aromatic ring is 1. The number of aryl methyl sites for hydroxylation is 1. The molecule has 5 nitrogen and oxygen atoms in total. The molecule has 2 aromatic heterocycles. The number of rotatable bonds is 3. The van der Waals surface area contributed by atoms with Crippen LogP contribution < -0.4 is 11.1 Å². The summed E-state index contributed by atoms with van der Waals surface area (Å²) in [6.07, 6.45) is 1.49. The second-order valence-electron chi connectivity index (χ2n) is 4.50. The van der Waals surface area contributed by atoms with Gasteiger partial charge in [0, 0.05) is 16.6 Å². The summed E-state index contributed by atoms with van der Waals surface area (Å²) >= 11 is 1.38. The van der Waals surface area contributed by atoms with E-state index in [9.17, 15) is 4.79 Å². The van der Waals surface area contributed by atoms with Crippen LogP contribution in [-0.4, -0.2) is 10.9 Å². The zero-order chi connectivity index (χ0) is 14.8. The average molecular weight is 299 g/mol. The molecule has 2 heterocycles. The third-order valence-corrected chi connectivity index (χ3v) is 3.79. The van der Waals surface area contributed by atoms with Crippen molar-refractivity contribution in [2.24, 2.45) is 0 Å². The van der Waals surface area contributed by atoms with E-state index >= 15 is 0 Å². The van der Waals surface area contributed by atoms with Gasteiger partial charge in [-0.25, -0.2) is 4.98 Å². The number of hydrogen-bond acceptors (Lipinski definition) is 5. The minimum atomic E-state index is -0.223. The van der Waals surface area contributed by atoms with Crippen LogP contribution in [0.25, 0.3) is 11.3 Å². The number of furan rings is 1. The molecule has 0 fully saturated rings. The number of amides is 1. The average Bonchev–Trinajstić information content (AvgIpc) is 3.09. The lowest BCUT2D eigenvalue weighted by Crippen LogP contribution is -2.11. The van der Waals surface area contributed by atoms with E-state index in [0.717, 1.165) is 11.3 Å². The molecule has 3 aromatic rings. The van der Waals surface area contributed by atoms with Gasteiger partial charge >= 0.3 is 0 Å². The Hall–Kier alpha value is -2.60. The number of anilines is 2. The van der Waals surface area contributed by atoms with Crippen LogP contribution in [0, 0.1) is 6.92 Å². The highest BCUT2D eigenvalue weighted by Crippen LogP contribution is 2.26. The van der Waals surface area contributed by atoms with Crippen LogP contribution in [0.4, 0.5) is 10.8 Å². The maximum atomic E-state index is 12.1. The van der Waals surface area contributed by atoms with Crippen LogP contribution in [0.2, 0.25) is 0 Å². The van der Waals surface area contributed by atoms with Crippen molar-refractivity contribution >= 4 is 28.1 Å². The summed E-state index contributed by atoms with van der Waals surface area (Å²) in [5.74, 6) is 0.363. The molecule has 1 amide bonds. The molecule has 0 aliphatic carbocycles. The lowest BCUT2D eigenvalue weighted by Gasteiger charge is -2.00. The quantitative estimate of drug-likeness (QED) is 0.725. The molecule has 3 rings (SSSR count). The molecule has 106 valence electrons. The van der Waals surface area contributed by atoms with E-state index in [1.165, 1.54) is 17.6 Å². The summed E-state index contributed by atoms with van der Waals surface area (Å²) in [6.45, 7) is 1.75. The summed E-state index contributed by atoms with van der Waals surface area (Å²) in [5, 5.41) is 5.21. The van der Waals surface area contributed by atoms with Crippen LogP contribution >= 0.6 is 11.3 Å². The molecule has 0 spiro atoms. The van der Waals surface area contributed by atoms with Gasteiger partial charge in [-0.1, -0.05) is 12.1 Å². The third-order valence-electron chi connectivity index (χ3n) is 3.03. The number of carbonyl (C=O) groups excluding carboxylic acids is 1. The molecule has 0 aliphatic heterocycles. The van der Waals surface area contributed by atoms with E-state index < -0.39 is 0 Å². The molecule has 3 N–H and O–H groups in total. The molecule has 0 aliphatic rings. The van der Waals surface area contributed by atoms with Gasteiger partial charge in [0.2, 0.25) is 0 Å². The minimum Gasteiger partial charge on any atom is -0.469 e. The van der Waals surface area contributed by atoms with Crippen molar-refractivity contribution in [1.29, 1.82) is 0 Å². The Morgan fingerprint density at radius 2 is 2.05 bits per heavy atom. The van der Waals surface area contributed by atoms with Gasteiger partial charge in [-0.15, -0.1) is 11.3 Å². The highest BCUT2D eigenvalue weighted by molar-refractivity contribution is 7.14. The first kappa shape index (κ1) is 13.4. The molecular formula is C15H13N3O2S. The molecule has 0 saturated carbocycles. The number of aromatic nitrogens is 1. The molecule has 0 atom stereocenters. The van der Waals surface area contributed by atoms with Gasteiger partial charge < -0.3 is 10.2 Å². The van der Waals surface area contributed by atoms with E-state index in [-0.39, 0.29) is 5.91 Å². The van der Waals surface area contributed by atoms with Crippen molar-refractivity contribution in [1.82, 2.24) is 4.98 Å². The number of hydrogen-bond donors (Lipinski definition) is 2. The Balaban J connectivity index is 1.78. The predicted molar refractivity (Wildman–Crippen MR) is 83.4 cm³/mol. The minimum absolute atomic E-state index is 0.223. The van der Waals surface area contributed by atoms with Crippen molar-refractivity contribution in [3.8, 4) is 11.3 Å². The van der Waals surface area contributed by atoms with Gasteiger partial charge in [-0.05, 0) is 25.1 Å². The van der Waals surface area contributed by atoms with E-state index in [2.05, 4.69) is 10.3 Å².